The smallest absolute Gasteiger partial charge is 0.223 e. The van der Waals surface area contributed by atoms with E-state index in [0.717, 1.165) is 31.9 Å². The van der Waals surface area contributed by atoms with Gasteiger partial charge in [-0.1, -0.05) is 26.1 Å². The highest BCUT2D eigenvalue weighted by molar-refractivity contribution is 7.80. The van der Waals surface area contributed by atoms with Crippen LogP contribution in [0.5, 0.6) is 0 Å². The highest BCUT2D eigenvalue weighted by Crippen LogP contribution is 2.04. The third-order valence-electron chi connectivity index (χ3n) is 2.80. The minimum atomic E-state index is 0.301. The lowest BCUT2D eigenvalue weighted by Crippen LogP contribution is -2.30. The molecule has 1 aromatic heterocycles. The number of nitrogens with two attached hydrogens (primary N) is 1. The summed E-state index contributed by atoms with van der Waals surface area (Å²) in [7, 11) is 0. The number of likely N-dealkylation sites (N-methyl/N-ethyl adjacent to an activating group) is 1. The van der Waals surface area contributed by atoms with Gasteiger partial charge in [0, 0.05) is 18.8 Å². The van der Waals surface area contributed by atoms with Gasteiger partial charge < -0.3 is 16.0 Å². The highest BCUT2D eigenvalue weighted by atomic mass is 32.1. The SMILES string of the molecule is CCCN(CC)CCNc1nc(C)cc(C(N)=S)n1. The summed E-state index contributed by atoms with van der Waals surface area (Å²) in [5, 5.41) is 3.22. The molecule has 1 heterocycles. The molecule has 1 aromatic rings. The molecule has 106 valence electrons. The topological polar surface area (TPSA) is 67.1 Å². The van der Waals surface area contributed by atoms with Crippen LogP contribution in [0.1, 0.15) is 31.7 Å². The van der Waals surface area contributed by atoms with Crippen molar-refractivity contribution in [1.82, 2.24) is 14.9 Å². The summed E-state index contributed by atoms with van der Waals surface area (Å²) in [6.45, 7) is 10.2. The number of anilines is 1. The molecular formula is C13H23N5S. The number of nitrogens with one attached hydrogen (secondary N) is 1. The van der Waals surface area contributed by atoms with Crippen molar-refractivity contribution in [2.75, 3.05) is 31.5 Å². The maximum absolute atomic E-state index is 5.59. The summed E-state index contributed by atoms with van der Waals surface area (Å²) in [6.07, 6.45) is 1.17. The predicted molar refractivity (Wildman–Crippen MR) is 83.6 cm³/mol. The van der Waals surface area contributed by atoms with Gasteiger partial charge in [0.1, 0.15) is 10.7 Å². The molecule has 5 nitrogen and oxygen atoms in total. The van der Waals surface area contributed by atoms with Crippen LogP contribution in [0.15, 0.2) is 6.07 Å². The summed E-state index contributed by atoms with van der Waals surface area (Å²) in [5.41, 5.74) is 7.07. The molecule has 0 bridgehead atoms. The van der Waals surface area contributed by atoms with Gasteiger partial charge in [-0.2, -0.15) is 0 Å². The standard InChI is InChI=1S/C13H23N5S/c1-4-7-18(5-2)8-6-15-13-16-10(3)9-11(17-13)12(14)19/h9H,4-8H2,1-3H3,(H2,14,19)(H,15,16,17). The molecule has 0 spiro atoms. The Kier molecular flexibility index (Phi) is 6.66. The number of rotatable bonds is 8. The molecule has 0 unspecified atom stereocenters. The van der Waals surface area contributed by atoms with E-state index in [4.69, 9.17) is 18.0 Å². The van der Waals surface area contributed by atoms with Crippen molar-refractivity contribution < 1.29 is 0 Å². The number of hydrogen-bond acceptors (Lipinski definition) is 5. The first-order valence-electron chi connectivity index (χ1n) is 6.68. The van der Waals surface area contributed by atoms with E-state index in [2.05, 4.69) is 34.0 Å². The van der Waals surface area contributed by atoms with Crippen LogP contribution < -0.4 is 11.1 Å². The molecule has 1 rings (SSSR count). The largest absolute Gasteiger partial charge is 0.388 e. The van der Waals surface area contributed by atoms with Crippen LogP contribution in [-0.4, -0.2) is 46.0 Å². The third-order valence-corrected chi connectivity index (χ3v) is 3.01. The molecule has 19 heavy (non-hydrogen) atoms. The predicted octanol–water partition coefficient (Wildman–Crippen LogP) is 1.56. The van der Waals surface area contributed by atoms with Crippen molar-refractivity contribution >= 4 is 23.2 Å². The van der Waals surface area contributed by atoms with Crippen molar-refractivity contribution in [1.29, 1.82) is 0 Å². The van der Waals surface area contributed by atoms with E-state index in [9.17, 15) is 0 Å². The zero-order valence-electron chi connectivity index (χ0n) is 11.9. The maximum Gasteiger partial charge on any atom is 0.223 e. The van der Waals surface area contributed by atoms with Gasteiger partial charge >= 0.3 is 0 Å². The van der Waals surface area contributed by atoms with Gasteiger partial charge in [0.15, 0.2) is 0 Å². The van der Waals surface area contributed by atoms with E-state index in [1.54, 1.807) is 6.07 Å². The van der Waals surface area contributed by atoms with Crippen LogP contribution in [0.4, 0.5) is 5.95 Å². The van der Waals surface area contributed by atoms with E-state index in [-0.39, 0.29) is 0 Å². The average molecular weight is 281 g/mol. The van der Waals surface area contributed by atoms with E-state index in [0.29, 0.717) is 16.6 Å². The van der Waals surface area contributed by atoms with Crippen LogP contribution in [0.25, 0.3) is 0 Å². The Labute approximate surface area is 120 Å². The van der Waals surface area contributed by atoms with Crippen LogP contribution >= 0.6 is 12.2 Å². The fourth-order valence-corrected chi connectivity index (χ4v) is 1.95. The Morgan fingerprint density at radius 1 is 1.37 bits per heavy atom. The highest BCUT2D eigenvalue weighted by Gasteiger charge is 2.05. The number of aryl methyl sites for hydroxylation is 1. The average Bonchev–Trinajstić information content (AvgIpc) is 2.37. The van der Waals surface area contributed by atoms with Gasteiger partial charge in [-0.15, -0.1) is 0 Å². The van der Waals surface area contributed by atoms with Gasteiger partial charge in [-0.3, -0.25) is 0 Å². The zero-order chi connectivity index (χ0) is 14.3. The molecule has 3 N–H and O–H groups in total. The molecule has 0 saturated heterocycles. The molecular weight excluding hydrogens is 258 g/mol. The Morgan fingerprint density at radius 3 is 2.68 bits per heavy atom. The molecule has 0 atom stereocenters. The minimum Gasteiger partial charge on any atom is -0.388 e. The molecule has 0 amide bonds. The fourth-order valence-electron chi connectivity index (χ4n) is 1.84. The molecule has 0 radical (unpaired) electrons. The second kappa shape index (κ2) is 8.01. The van der Waals surface area contributed by atoms with Crippen molar-refractivity contribution in [3.63, 3.8) is 0 Å². The normalized spacial score (nSPS) is 10.7. The Morgan fingerprint density at radius 2 is 2.11 bits per heavy atom. The van der Waals surface area contributed by atoms with E-state index < -0.39 is 0 Å². The van der Waals surface area contributed by atoms with Crippen molar-refractivity contribution in [2.45, 2.75) is 27.2 Å². The zero-order valence-corrected chi connectivity index (χ0v) is 12.8. The summed E-state index contributed by atoms with van der Waals surface area (Å²) in [6, 6.07) is 1.79. The van der Waals surface area contributed by atoms with Gasteiger partial charge in [-0.05, 0) is 32.5 Å². The van der Waals surface area contributed by atoms with Gasteiger partial charge in [0.2, 0.25) is 5.95 Å². The summed E-state index contributed by atoms with van der Waals surface area (Å²) >= 11 is 4.94. The first-order chi connectivity index (χ1) is 9.06. The number of nitrogens with zero attached hydrogens (tertiary/aromatic N) is 3. The molecule has 0 fully saturated rings. The summed E-state index contributed by atoms with van der Waals surface area (Å²) in [5.74, 6) is 0.593. The lowest BCUT2D eigenvalue weighted by atomic mass is 10.3. The number of hydrogen-bond donors (Lipinski definition) is 2. The van der Waals surface area contributed by atoms with Crippen LogP contribution in [0.3, 0.4) is 0 Å². The molecule has 0 aliphatic rings. The molecule has 6 heteroatoms. The van der Waals surface area contributed by atoms with E-state index >= 15 is 0 Å². The monoisotopic (exact) mass is 281 g/mol. The van der Waals surface area contributed by atoms with Crippen molar-refractivity contribution in [2.24, 2.45) is 5.73 Å². The third kappa shape index (κ3) is 5.48. The van der Waals surface area contributed by atoms with Crippen molar-refractivity contribution in [3.05, 3.63) is 17.5 Å². The van der Waals surface area contributed by atoms with Gasteiger partial charge in [0.05, 0.1) is 0 Å². The maximum atomic E-state index is 5.59. The van der Waals surface area contributed by atoms with E-state index in [1.165, 1.54) is 6.42 Å². The Bertz CT molecular complexity index is 421. The first-order valence-corrected chi connectivity index (χ1v) is 7.09. The Balaban J connectivity index is 2.55. The second-order valence-electron chi connectivity index (χ2n) is 4.44. The van der Waals surface area contributed by atoms with Crippen LogP contribution in [0.2, 0.25) is 0 Å². The number of aromatic nitrogens is 2. The fraction of sp³-hybridized carbons (Fsp3) is 0.615. The van der Waals surface area contributed by atoms with Crippen LogP contribution in [0, 0.1) is 6.92 Å². The number of thiocarbonyl (C=S) groups is 1. The van der Waals surface area contributed by atoms with Gasteiger partial charge in [-0.25, -0.2) is 9.97 Å². The van der Waals surface area contributed by atoms with E-state index in [1.807, 2.05) is 6.92 Å². The molecule has 0 aliphatic carbocycles. The van der Waals surface area contributed by atoms with Crippen LogP contribution in [-0.2, 0) is 0 Å². The molecule has 0 aliphatic heterocycles. The summed E-state index contributed by atoms with van der Waals surface area (Å²) in [4.78, 5) is 11.3. The lowest BCUT2D eigenvalue weighted by Gasteiger charge is -2.19. The summed E-state index contributed by atoms with van der Waals surface area (Å²) < 4.78 is 0. The second-order valence-corrected chi connectivity index (χ2v) is 4.88. The first kappa shape index (κ1) is 15.8. The molecule has 0 aromatic carbocycles. The quantitative estimate of drug-likeness (QED) is 0.705. The minimum absolute atomic E-state index is 0.301. The van der Waals surface area contributed by atoms with Crippen molar-refractivity contribution in [3.8, 4) is 0 Å². The molecule has 0 saturated carbocycles. The Hall–Kier alpha value is -1.27. The lowest BCUT2D eigenvalue weighted by molar-refractivity contribution is 0.300. The van der Waals surface area contributed by atoms with Gasteiger partial charge in [0.25, 0.3) is 0 Å².